The molecular formula is C8H3BrClF6NO3S. The van der Waals surface area contributed by atoms with Gasteiger partial charge in [-0.3, -0.25) is 0 Å². The van der Waals surface area contributed by atoms with Crippen molar-refractivity contribution in [2.75, 3.05) is 0 Å². The summed E-state index contributed by atoms with van der Waals surface area (Å²) < 4.78 is 99.9. The minimum Gasteiger partial charge on any atom is -0.386 e. The van der Waals surface area contributed by atoms with Crippen molar-refractivity contribution in [1.82, 2.24) is 4.98 Å². The summed E-state index contributed by atoms with van der Waals surface area (Å²) in [6, 6.07) is 0.313. The summed E-state index contributed by atoms with van der Waals surface area (Å²) >= 11 is 2.65. The van der Waals surface area contributed by atoms with Crippen molar-refractivity contribution in [3.63, 3.8) is 0 Å². The molecule has 0 bridgehead atoms. The Balaban J connectivity index is 3.66. The first-order valence-electron chi connectivity index (χ1n) is 4.63. The molecule has 13 heteroatoms. The largest absolute Gasteiger partial charge is 0.574 e. The molecule has 21 heavy (non-hydrogen) atoms. The molecule has 0 fully saturated rings. The minimum atomic E-state index is -5.44. The summed E-state index contributed by atoms with van der Waals surface area (Å²) in [6.45, 7) is 0. The molecule has 4 nitrogen and oxygen atoms in total. The topological polar surface area (TPSA) is 56.3 Å². The van der Waals surface area contributed by atoms with Crippen molar-refractivity contribution >= 4 is 35.7 Å². The third-order valence-corrected chi connectivity index (χ3v) is 3.84. The lowest BCUT2D eigenvalue weighted by Gasteiger charge is -2.16. The second kappa shape index (κ2) is 5.80. The van der Waals surface area contributed by atoms with Gasteiger partial charge < -0.3 is 4.74 Å². The van der Waals surface area contributed by atoms with Crippen molar-refractivity contribution < 1.29 is 39.5 Å². The van der Waals surface area contributed by atoms with Gasteiger partial charge >= 0.3 is 12.5 Å². The maximum atomic E-state index is 12.7. The van der Waals surface area contributed by atoms with Gasteiger partial charge in [0.05, 0.1) is 0 Å². The van der Waals surface area contributed by atoms with Gasteiger partial charge in [-0.25, -0.2) is 13.4 Å². The van der Waals surface area contributed by atoms with Gasteiger partial charge in [-0.1, -0.05) is 15.9 Å². The van der Waals surface area contributed by atoms with E-state index in [-0.39, 0.29) is 0 Å². The zero-order valence-electron chi connectivity index (χ0n) is 9.39. The van der Waals surface area contributed by atoms with Crippen LogP contribution in [0, 0.1) is 0 Å². The number of hydrogen-bond acceptors (Lipinski definition) is 4. The Morgan fingerprint density at radius 1 is 1.24 bits per heavy atom. The van der Waals surface area contributed by atoms with Gasteiger partial charge in [0.25, 0.3) is 9.05 Å². The lowest BCUT2D eigenvalue weighted by molar-refractivity contribution is -0.277. The van der Waals surface area contributed by atoms with Gasteiger partial charge in [-0.05, 0) is 11.6 Å². The van der Waals surface area contributed by atoms with E-state index in [4.69, 9.17) is 10.7 Å². The summed E-state index contributed by atoms with van der Waals surface area (Å²) in [5, 5.41) is -0.513. The highest BCUT2D eigenvalue weighted by molar-refractivity contribution is 9.08. The maximum Gasteiger partial charge on any atom is 0.574 e. The van der Waals surface area contributed by atoms with Crippen LogP contribution in [-0.2, 0) is 20.6 Å². The van der Waals surface area contributed by atoms with Gasteiger partial charge in [0.15, 0.2) is 5.69 Å². The first-order chi connectivity index (χ1) is 9.25. The van der Waals surface area contributed by atoms with Gasteiger partial charge in [0.1, 0.15) is 4.90 Å². The molecule has 0 saturated carbocycles. The number of alkyl halides is 7. The average Bonchev–Trinajstić information content (AvgIpc) is 2.23. The normalized spacial score (nSPS) is 13.3. The fourth-order valence-corrected chi connectivity index (χ4v) is 2.56. The number of pyridine rings is 1. The molecule has 0 aliphatic rings. The smallest absolute Gasteiger partial charge is 0.386 e. The predicted molar refractivity (Wildman–Crippen MR) is 61.6 cm³/mol. The van der Waals surface area contributed by atoms with E-state index in [2.05, 4.69) is 25.7 Å². The molecule has 0 aliphatic carbocycles. The zero-order valence-corrected chi connectivity index (χ0v) is 12.5. The Morgan fingerprint density at radius 2 is 1.76 bits per heavy atom. The van der Waals surface area contributed by atoms with E-state index in [0.717, 1.165) is 0 Å². The molecule has 120 valence electrons. The molecule has 0 saturated heterocycles. The van der Waals surface area contributed by atoms with Gasteiger partial charge in [0.2, 0.25) is 5.88 Å². The summed E-state index contributed by atoms with van der Waals surface area (Å²) in [5.74, 6) is -1.80. The van der Waals surface area contributed by atoms with Crippen LogP contribution in [0.25, 0.3) is 0 Å². The lowest BCUT2D eigenvalue weighted by Crippen LogP contribution is -2.22. The lowest BCUT2D eigenvalue weighted by atomic mass is 10.2. The monoisotopic (exact) mass is 421 g/mol. The quantitative estimate of drug-likeness (QED) is 0.422. The summed E-state index contributed by atoms with van der Waals surface area (Å²) in [5.41, 5.74) is -2.43. The van der Waals surface area contributed by atoms with Gasteiger partial charge in [-0.2, -0.15) is 13.2 Å². The fourth-order valence-electron chi connectivity index (χ4n) is 1.22. The Labute approximate surface area is 126 Å². The number of aromatic nitrogens is 1. The van der Waals surface area contributed by atoms with E-state index in [1.165, 1.54) is 0 Å². The van der Waals surface area contributed by atoms with Crippen molar-refractivity contribution in [1.29, 1.82) is 0 Å². The molecule has 0 amide bonds. The summed E-state index contributed by atoms with van der Waals surface area (Å²) in [4.78, 5) is 1.29. The van der Waals surface area contributed by atoms with Crippen LogP contribution in [0.2, 0.25) is 0 Å². The number of hydrogen-bond donors (Lipinski definition) is 0. The molecule has 1 rings (SSSR count). The van der Waals surface area contributed by atoms with Crippen molar-refractivity contribution in [2.45, 2.75) is 22.8 Å². The van der Waals surface area contributed by atoms with Gasteiger partial charge in [-0.15, -0.1) is 13.2 Å². The second-order valence-corrected chi connectivity index (χ2v) is 6.51. The Morgan fingerprint density at radius 3 is 2.10 bits per heavy atom. The summed E-state index contributed by atoms with van der Waals surface area (Å²) in [6.07, 6.45) is -10.6. The highest BCUT2D eigenvalue weighted by Gasteiger charge is 2.40. The van der Waals surface area contributed by atoms with Crippen LogP contribution in [0.1, 0.15) is 11.3 Å². The van der Waals surface area contributed by atoms with Crippen molar-refractivity contribution in [3.8, 4) is 5.88 Å². The Hall–Kier alpha value is -0.750. The molecule has 0 radical (unpaired) electrons. The number of nitrogens with zero attached hydrogens (tertiary/aromatic N) is 1. The molecule has 0 spiro atoms. The van der Waals surface area contributed by atoms with Crippen LogP contribution >= 0.6 is 26.6 Å². The number of rotatable bonds is 3. The molecule has 0 aliphatic heterocycles. The van der Waals surface area contributed by atoms with Gasteiger partial charge in [0, 0.05) is 16.0 Å². The molecule has 0 atom stereocenters. The zero-order chi connectivity index (χ0) is 16.6. The third-order valence-electron chi connectivity index (χ3n) is 1.92. The van der Waals surface area contributed by atoms with E-state index in [9.17, 15) is 34.8 Å². The van der Waals surface area contributed by atoms with E-state index < -0.39 is 49.0 Å². The third kappa shape index (κ3) is 4.88. The number of ether oxygens (including phenoxy) is 1. The van der Waals surface area contributed by atoms with Crippen LogP contribution < -0.4 is 4.74 Å². The SMILES string of the molecule is O=S(=O)(Cl)c1cc(CBr)c(C(F)(F)F)nc1OC(F)(F)F. The van der Waals surface area contributed by atoms with Crippen LogP contribution in [0.15, 0.2) is 11.0 Å². The highest BCUT2D eigenvalue weighted by Crippen LogP contribution is 2.38. The first-order valence-corrected chi connectivity index (χ1v) is 8.06. The van der Waals surface area contributed by atoms with E-state index in [0.29, 0.717) is 6.07 Å². The van der Waals surface area contributed by atoms with E-state index in [1.54, 1.807) is 0 Å². The Kier molecular flexibility index (Phi) is 5.05. The second-order valence-electron chi connectivity index (χ2n) is 3.42. The van der Waals surface area contributed by atoms with E-state index >= 15 is 0 Å². The average molecular weight is 423 g/mol. The standard InChI is InChI=1S/C8H3BrClF6NO3S/c9-2-3-1-4(21(10,18)19)6(20-8(14,15)16)17-5(3)7(11,12)13/h1H,2H2. The summed E-state index contributed by atoms with van der Waals surface area (Å²) in [7, 11) is 0.0723. The van der Waals surface area contributed by atoms with Crippen LogP contribution in [0.5, 0.6) is 5.88 Å². The predicted octanol–water partition coefficient (Wildman–Crippen LogP) is 3.82. The van der Waals surface area contributed by atoms with Crippen LogP contribution in [0.3, 0.4) is 0 Å². The highest BCUT2D eigenvalue weighted by atomic mass is 79.9. The molecule has 1 aromatic rings. The van der Waals surface area contributed by atoms with Crippen molar-refractivity contribution in [3.05, 3.63) is 17.3 Å². The molecule has 0 N–H and O–H groups in total. The molecular weight excluding hydrogens is 420 g/mol. The maximum absolute atomic E-state index is 12.7. The fraction of sp³-hybridized carbons (Fsp3) is 0.375. The molecule has 1 aromatic heterocycles. The molecule has 0 aromatic carbocycles. The Bertz CT molecular complexity index is 645. The number of halogens is 8. The van der Waals surface area contributed by atoms with Crippen molar-refractivity contribution in [2.24, 2.45) is 0 Å². The molecule has 0 unspecified atom stereocenters. The molecule has 1 heterocycles. The first kappa shape index (κ1) is 18.3. The van der Waals surface area contributed by atoms with E-state index in [1.807, 2.05) is 0 Å². The minimum absolute atomic E-state index is 0.313. The van der Waals surface area contributed by atoms with Crippen LogP contribution in [0.4, 0.5) is 26.3 Å². The van der Waals surface area contributed by atoms with Crippen LogP contribution in [-0.4, -0.2) is 19.8 Å².